The number of ether oxygens (including phenoxy) is 1. The molecular weight excluding hydrogens is 216 g/mol. The summed E-state index contributed by atoms with van der Waals surface area (Å²) >= 11 is 0. The third-order valence-electron chi connectivity index (χ3n) is 2.88. The molecular formula is C13H20N2O2. The Morgan fingerprint density at radius 1 is 1.41 bits per heavy atom. The first-order chi connectivity index (χ1) is 8.06. The minimum Gasteiger partial charge on any atom is -0.469 e. The molecule has 0 radical (unpaired) electrons. The minimum absolute atomic E-state index is 0.113. The van der Waals surface area contributed by atoms with Gasteiger partial charge in [0.05, 0.1) is 13.0 Å². The summed E-state index contributed by atoms with van der Waals surface area (Å²) in [5.74, 6) is -0.00851. The summed E-state index contributed by atoms with van der Waals surface area (Å²) in [6, 6.07) is 3.85. The molecule has 0 aliphatic rings. The van der Waals surface area contributed by atoms with Gasteiger partial charge in [0.1, 0.15) is 0 Å². The zero-order valence-electron chi connectivity index (χ0n) is 10.9. The van der Waals surface area contributed by atoms with Crippen LogP contribution < -0.4 is 4.90 Å². The summed E-state index contributed by atoms with van der Waals surface area (Å²) in [6.07, 6.45) is 3.49. The number of pyridine rings is 1. The Morgan fingerprint density at radius 3 is 2.47 bits per heavy atom. The van der Waals surface area contributed by atoms with E-state index in [1.54, 1.807) is 12.4 Å². The highest BCUT2D eigenvalue weighted by molar-refractivity contribution is 5.73. The molecule has 1 rings (SSSR count). The van der Waals surface area contributed by atoms with Crippen molar-refractivity contribution in [1.82, 2.24) is 4.98 Å². The van der Waals surface area contributed by atoms with Crippen molar-refractivity contribution < 1.29 is 9.53 Å². The van der Waals surface area contributed by atoms with E-state index in [0.29, 0.717) is 6.54 Å². The zero-order valence-corrected chi connectivity index (χ0v) is 10.9. The van der Waals surface area contributed by atoms with Crippen molar-refractivity contribution in [3.8, 4) is 0 Å². The maximum Gasteiger partial charge on any atom is 0.310 e. The molecule has 0 amide bonds. The molecule has 0 N–H and O–H groups in total. The molecule has 0 fully saturated rings. The summed E-state index contributed by atoms with van der Waals surface area (Å²) < 4.78 is 4.83. The van der Waals surface area contributed by atoms with Gasteiger partial charge in [-0.05, 0) is 18.1 Å². The second-order valence-electron chi connectivity index (χ2n) is 4.46. The molecule has 1 atom stereocenters. The first-order valence-corrected chi connectivity index (χ1v) is 5.75. The third-order valence-corrected chi connectivity index (χ3v) is 2.88. The second-order valence-corrected chi connectivity index (χ2v) is 4.46. The van der Waals surface area contributed by atoms with Crippen LogP contribution in [0.15, 0.2) is 24.5 Å². The molecule has 17 heavy (non-hydrogen) atoms. The molecule has 1 aromatic heterocycles. The first-order valence-electron chi connectivity index (χ1n) is 5.75. The molecule has 0 saturated heterocycles. The van der Waals surface area contributed by atoms with Gasteiger partial charge in [0.15, 0.2) is 0 Å². The van der Waals surface area contributed by atoms with E-state index in [0.717, 1.165) is 5.69 Å². The van der Waals surface area contributed by atoms with E-state index in [1.807, 2.05) is 37.9 Å². The number of methoxy groups -OCH3 is 1. The lowest BCUT2D eigenvalue weighted by atomic mass is 9.95. The Kier molecular flexibility index (Phi) is 4.94. The normalized spacial score (nSPS) is 12.3. The Balaban J connectivity index is 2.71. The van der Waals surface area contributed by atoms with Crippen LogP contribution in [0.4, 0.5) is 5.69 Å². The zero-order chi connectivity index (χ0) is 12.8. The average Bonchev–Trinajstić information content (AvgIpc) is 2.35. The van der Waals surface area contributed by atoms with Gasteiger partial charge < -0.3 is 9.64 Å². The van der Waals surface area contributed by atoms with Gasteiger partial charge in [0.25, 0.3) is 0 Å². The van der Waals surface area contributed by atoms with Gasteiger partial charge in [0.2, 0.25) is 0 Å². The maximum atomic E-state index is 11.7. The van der Waals surface area contributed by atoms with Gasteiger partial charge in [-0.1, -0.05) is 13.8 Å². The number of carbonyl (C=O) groups is 1. The number of esters is 1. The maximum absolute atomic E-state index is 11.7. The van der Waals surface area contributed by atoms with Crippen LogP contribution in [-0.2, 0) is 9.53 Å². The lowest BCUT2D eigenvalue weighted by molar-refractivity contribution is -0.146. The summed E-state index contributed by atoms with van der Waals surface area (Å²) in [5.41, 5.74) is 1.05. The minimum atomic E-state index is -0.152. The Hall–Kier alpha value is -1.58. The van der Waals surface area contributed by atoms with Crippen LogP contribution in [0.2, 0.25) is 0 Å². The van der Waals surface area contributed by atoms with Crippen molar-refractivity contribution in [2.75, 3.05) is 25.6 Å². The van der Waals surface area contributed by atoms with Crippen LogP contribution >= 0.6 is 0 Å². The number of hydrogen-bond donors (Lipinski definition) is 0. The lowest BCUT2D eigenvalue weighted by Crippen LogP contribution is -2.34. The highest BCUT2D eigenvalue weighted by Gasteiger charge is 2.24. The Morgan fingerprint density at radius 2 is 2.00 bits per heavy atom. The summed E-state index contributed by atoms with van der Waals surface area (Å²) in [4.78, 5) is 17.7. The van der Waals surface area contributed by atoms with E-state index >= 15 is 0 Å². The lowest BCUT2D eigenvalue weighted by Gasteiger charge is -2.26. The Labute approximate surface area is 103 Å². The van der Waals surface area contributed by atoms with Crippen molar-refractivity contribution in [2.24, 2.45) is 11.8 Å². The van der Waals surface area contributed by atoms with Crippen LogP contribution in [0.5, 0.6) is 0 Å². The van der Waals surface area contributed by atoms with E-state index in [-0.39, 0.29) is 17.8 Å². The number of hydrogen-bond acceptors (Lipinski definition) is 4. The standard InChI is InChI=1S/C13H20N2O2/c1-10(2)12(13(16)17-4)9-15(3)11-5-7-14-8-6-11/h5-8,10,12H,9H2,1-4H3. The van der Waals surface area contributed by atoms with Crippen molar-refractivity contribution in [1.29, 1.82) is 0 Å². The highest BCUT2D eigenvalue weighted by Crippen LogP contribution is 2.18. The van der Waals surface area contributed by atoms with Crippen LogP contribution in [0.3, 0.4) is 0 Å². The predicted octanol–water partition coefficient (Wildman–Crippen LogP) is 1.96. The largest absolute Gasteiger partial charge is 0.469 e. The van der Waals surface area contributed by atoms with Crippen molar-refractivity contribution in [2.45, 2.75) is 13.8 Å². The molecule has 0 spiro atoms. The van der Waals surface area contributed by atoms with Gasteiger partial charge in [-0.25, -0.2) is 0 Å². The molecule has 0 aromatic carbocycles. The number of nitrogens with zero attached hydrogens (tertiary/aromatic N) is 2. The van der Waals surface area contributed by atoms with Gasteiger partial charge in [0, 0.05) is 31.7 Å². The van der Waals surface area contributed by atoms with E-state index in [2.05, 4.69) is 4.98 Å². The molecule has 1 aromatic rings. The molecule has 1 unspecified atom stereocenters. The van der Waals surface area contributed by atoms with Crippen molar-refractivity contribution >= 4 is 11.7 Å². The van der Waals surface area contributed by atoms with Crippen LogP contribution in [0.25, 0.3) is 0 Å². The number of carbonyl (C=O) groups excluding carboxylic acids is 1. The van der Waals surface area contributed by atoms with Crippen molar-refractivity contribution in [3.63, 3.8) is 0 Å². The summed E-state index contributed by atoms with van der Waals surface area (Å²) in [6.45, 7) is 4.71. The van der Waals surface area contributed by atoms with Gasteiger partial charge in [-0.15, -0.1) is 0 Å². The smallest absolute Gasteiger partial charge is 0.310 e. The SMILES string of the molecule is COC(=O)C(CN(C)c1ccncc1)C(C)C. The molecule has 0 saturated carbocycles. The molecule has 4 nitrogen and oxygen atoms in total. The van der Waals surface area contributed by atoms with Gasteiger partial charge in [-0.3, -0.25) is 9.78 Å². The average molecular weight is 236 g/mol. The van der Waals surface area contributed by atoms with Crippen LogP contribution in [0, 0.1) is 11.8 Å². The molecule has 0 aliphatic carbocycles. The second kappa shape index (κ2) is 6.23. The number of anilines is 1. The number of aromatic nitrogens is 1. The predicted molar refractivity (Wildman–Crippen MR) is 67.9 cm³/mol. The van der Waals surface area contributed by atoms with E-state index in [9.17, 15) is 4.79 Å². The molecule has 1 heterocycles. The fourth-order valence-electron chi connectivity index (χ4n) is 1.71. The molecule has 0 bridgehead atoms. The fourth-order valence-corrected chi connectivity index (χ4v) is 1.71. The van der Waals surface area contributed by atoms with Gasteiger partial charge in [-0.2, -0.15) is 0 Å². The van der Waals surface area contributed by atoms with E-state index < -0.39 is 0 Å². The van der Waals surface area contributed by atoms with Crippen LogP contribution in [0.1, 0.15) is 13.8 Å². The molecule has 4 heteroatoms. The van der Waals surface area contributed by atoms with Crippen LogP contribution in [-0.4, -0.2) is 31.7 Å². The molecule has 0 aliphatic heterocycles. The van der Waals surface area contributed by atoms with E-state index in [4.69, 9.17) is 4.74 Å². The fraction of sp³-hybridized carbons (Fsp3) is 0.538. The number of rotatable bonds is 5. The summed E-state index contributed by atoms with van der Waals surface area (Å²) in [5, 5.41) is 0. The monoisotopic (exact) mass is 236 g/mol. The highest BCUT2D eigenvalue weighted by atomic mass is 16.5. The molecule has 94 valence electrons. The Bertz CT molecular complexity index is 352. The van der Waals surface area contributed by atoms with E-state index in [1.165, 1.54) is 7.11 Å². The topological polar surface area (TPSA) is 42.4 Å². The summed E-state index contributed by atoms with van der Waals surface area (Å²) in [7, 11) is 3.40. The van der Waals surface area contributed by atoms with Gasteiger partial charge >= 0.3 is 5.97 Å². The van der Waals surface area contributed by atoms with Crippen molar-refractivity contribution in [3.05, 3.63) is 24.5 Å². The quantitative estimate of drug-likeness (QED) is 0.733. The third kappa shape index (κ3) is 3.73. The first kappa shape index (κ1) is 13.5.